The second-order valence-electron chi connectivity index (χ2n) is 3.59. The van der Waals surface area contributed by atoms with Crippen molar-refractivity contribution in [2.75, 3.05) is 0 Å². The highest BCUT2D eigenvalue weighted by atomic mass is 32.2. The molecular formula is C12H14O3S. The number of ketones is 1. The van der Waals surface area contributed by atoms with Crippen LogP contribution in [0.1, 0.15) is 19.4 Å². The van der Waals surface area contributed by atoms with E-state index in [1.807, 2.05) is 19.1 Å². The van der Waals surface area contributed by atoms with Gasteiger partial charge in [0.15, 0.2) is 0 Å². The number of hydrogen-bond acceptors (Lipinski definition) is 3. The van der Waals surface area contributed by atoms with E-state index in [-0.39, 0.29) is 17.5 Å². The summed E-state index contributed by atoms with van der Waals surface area (Å²) in [6.45, 7) is 3.43. The van der Waals surface area contributed by atoms with Gasteiger partial charge in [-0.05, 0) is 31.5 Å². The molecule has 1 aromatic rings. The van der Waals surface area contributed by atoms with Crippen molar-refractivity contribution in [1.29, 1.82) is 0 Å². The molecule has 1 rings (SSSR count). The molecule has 86 valence electrons. The fraction of sp³-hybridized carbons (Fsp3) is 0.333. The number of carboxylic acid groups (broad SMARTS) is 1. The van der Waals surface area contributed by atoms with Crippen molar-refractivity contribution >= 4 is 23.5 Å². The van der Waals surface area contributed by atoms with Gasteiger partial charge in [-0.3, -0.25) is 9.59 Å². The molecule has 0 aliphatic carbocycles. The van der Waals surface area contributed by atoms with Crippen LogP contribution >= 0.6 is 11.8 Å². The van der Waals surface area contributed by atoms with E-state index in [9.17, 15) is 9.59 Å². The minimum atomic E-state index is -0.836. The maximum Gasteiger partial charge on any atom is 0.307 e. The SMILES string of the molecule is CC(=O)C(C)Sc1ccc(CC(=O)O)cc1. The fourth-order valence-corrected chi connectivity index (χ4v) is 2.02. The van der Waals surface area contributed by atoms with Gasteiger partial charge in [0, 0.05) is 4.90 Å². The highest BCUT2D eigenvalue weighted by molar-refractivity contribution is 8.00. The number of carbonyl (C=O) groups is 2. The van der Waals surface area contributed by atoms with E-state index in [1.165, 1.54) is 11.8 Å². The van der Waals surface area contributed by atoms with Crippen LogP contribution in [-0.4, -0.2) is 22.1 Å². The van der Waals surface area contributed by atoms with Crippen LogP contribution in [-0.2, 0) is 16.0 Å². The normalized spacial score (nSPS) is 12.1. The molecule has 1 atom stereocenters. The van der Waals surface area contributed by atoms with Gasteiger partial charge in [-0.2, -0.15) is 0 Å². The van der Waals surface area contributed by atoms with Gasteiger partial charge in [-0.15, -0.1) is 11.8 Å². The highest BCUT2D eigenvalue weighted by Gasteiger charge is 2.09. The molecule has 3 nitrogen and oxygen atoms in total. The van der Waals surface area contributed by atoms with Crippen LogP contribution < -0.4 is 0 Å². The Labute approximate surface area is 98.9 Å². The minimum absolute atomic E-state index is 0.0349. The van der Waals surface area contributed by atoms with Gasteiger partial charge in [0.2, 0.25) is 0 Å². The highest BCUT2D eigenvalue weighted by Crippen LogP contribution is 2.23. The third kappa shape index (κ3) is 4.06. The van der Waals surface area contributed by atoms with E-state index in [1.54, 1.807) is 19.1 Å². The van der Waals surface area contributed by atoms with Crippen molar-refractivity contribution in [2.45, 2.75) is 30.4 Å². The van der Waals surface area contributed by atoms with E-state index in [0.29, 0.717) is 0 Å². The Kier molecular flexibility index (Phi) is 4.55. The lowest BCUT2D eigenvalue weighted by Gasteiger charge is -2.07. The van der Waals surface area contributed by atoms with Crippen LogP contribution in [0.5, 0.6) is 0 Å². The molecule has 0 saturated heterocycles. The van der Waals surface area contributed by atoms with Gasteiger partial charge in [0.25, 0.3) is 0 Å². The van der Waals surface area contributed by atoms with Crippen molar-refractivity contribution in [2.24, 2.45) is 0 Å². The summed E-state index contributed by atoms with van der Waals surface area (Å²) in [6, 6.07) is 7.26. The zero-order chi connectivity index (χ0) is 12.1. The van der Waals surface area contributed by atoms with E-state index in [4.69, 9.17) is 5.11 Å². The molecule has 1 N–H and O–H groups in total. The van der Waals surface area contributed by atoms with Gasteiger partial charge in [0.05, 0.1) is 11.7 Å². The first-order valence-corrected chi connectivity index (χ1v) is 5.85. The van der Waals surface area contributed by atoms with Crippen molar-refractivity contribution in [3.63, 3.8) is 0 Å². The number of aliphatic carboxylic acids is 1. The number of Topliss-reactive ketones (excluding diaryl/α,β-unsaturated/α-hetero) is 1. The fourth-order valence-electron chi connectivity index (χ4n) is 1.15. The molecule has 0 fully saturated rings. The van der Waals surface area contributed by atoms with Crippen molar-refractivity contribution in [1.82, 2.24) is 0 Å². The molecule has 0 saturated carbocycles. The number of hydrogen-bond donors (Lipinski definition) is 1. The summed E-state index contributed by atoms with van der Waals surface area (Å²) in [7, 11) is 0. The van der Waals surface area contributed by atoms with Gasteiger partial charge >= 0.3 is 5.97 Å². The molecular weight excluding hydrogens is 224 g/mol. The third-order valence-corrected chi connectivity index (χ3v) is 3.39. The number of rotatable bonds is 5. The Morgan fingerprint density at radius 1 is 1.31 bits per heavy atom. The Morgan fingerprint density at radius 3 is 2.31 bits per heavy atom. The van der Waals surface area contributed by atoms with Crippen LogP contribution in [0.15, 0.2) is 29.2 Å². The lowest BCUT2D eigenvalue weighted by molar-refractivity contribution is -0.136. The van der Waals surface area contributed by atoms with Gasteiger partial charge in [-0.1, -0.05) is 12.1 Å². The van der Waals surface area contributed by atoms with Gasteiger partial charge in [0.1, 0.15) is 5.78 Å². The molecule has 0 aliphatic heterocycles. The monoisotopic (exact) mass is 238 g/mol. The standard InChI is InChI=1S/C12H14O3S/c1-8(13)9(2)16-11-5-3-10(4-6-11)7-12(14)15/h3-6,9H,7H2,1-2H3,(H,14,15). The third-order valence-electron chi connectivity index (χ3n) is 2.16. The number of benzene rings is 1. The van der Waals surface area contributed by atoms with E-state index < -0.39 is 5.97 Å². The smallest absolute Gasteiger partial charge is 0.307 e. The zero-order valence-corrected chi connectivity index (χ0v) is 10.1. The number of carbonyl (C=O) groups excluding carboxylic acids is 1. The minimum Gasteiger partial charge on any atom is -0.481 e. The summed E-state index contributed by atoms with van der Waals surface area (Å²) in [5.74, 6) is -0.697. The molecule has 0 radical (unpaired) electrons. The molecule has 0 bridgehead atoms. The second kappa shape index (κ2) is 5.70. The first-order valence-electron chi connectivity index (χ1n) is 4.97. The lowest BCUT2D eigenvalue weighted by atomic mass is 10.2. The van der Waals surface area contributed by atoms with Crippen LogP contribution in [0, 0.1) is 0 Å². The predicted molar refractivity (Wildman–Crippen MR) is 63.8 cm³/mol. The van der Waals surface area contributed by atoms with Crippen molar-refractivity contribution in [3.8, 4) is 0 Å². The first-order chi connectivity index (χ1) is 7.49. The first kappa shape index (κ1) is 12.8. The lowest BCUT2D eigenvalue weighted by Crippen LogP contribution is -2.07. The Morgan fingerprint density at radius 2 is 1.88 bits per heavy atom. The molecule has 1 aromatic carbocycles. The van der Waals surface area contributed by atoms with Crippen LogP contribution in [0.25, 0.3) is 0 Å². The Balaban J connectivity index is 2.64. The van der Waals surface area contributed by atoms with Crippen LogP contribution in [0.2, 0.25) is 0 Å². The second-order valence-corrected chi connectivity index (χ2v) is 5.00. The summed E-state index contributed by atoms with van der Waals surface area (Å²) in [5, 5.41) is 8.54. The van der Waals surface area contributed by atoms with E-state index in [0.717, 1.165) is 10.5 Å². The largest absolute Gasteiger partial charge is 0.481 e. The Hall–Kier alpha value is -1.29. The molecule has 0 amide bonds. The van der Waals surface area contributed by atoms with Crippen LogP contribution in [0.3, 0.4) is 0 Å². The summed E-state index contributed by atoms with van der Waals surface area (Å²) >= 11 is 1.48. The summed E-state index contributed by atoms with van der Waals surface area (Å²) in [6.07, 6.45) is 0.0349. The average molecular weight is 238 g/mol. The Bertz CT molecular complexity index is 384. The maximum absolute atomic E-state index is 11.1. The molecule has 16 heavy (non-hydrogen) atoms. The van der Waals surface area contributed by atoms with Crippen molar-refractivity contribution in [3.05, 3.63) is 29.8 Å². The quantitative estimate of drug-likeness (QED) is 0.800. The maximum atomic E-state index is 11.1. The summed E-state index contributed by atoms with van der Waals surface area (Å²) < 4.78 is 0. The topological polar surface area (TPSA) is 54.4 Å². The molecule has 0 heterocycles. The molecule has 1 unspecified atom stereocenters. The van der Waals surface area contributed by atoms with E-state index >= 15 is 0 Å². The zero-order valence-electron chi connectivity index (χ0n) is 9.27. The summed E-state index contributed by atoms with van der Waals surface area (Å²) in [4.78, 5) is 22.5. The van der Waals surface area contributed by atoms with Crippen molar-refractivity contribution < 1.29 is 14.7 Å². The predicted octanol–water partition coefficient (Wildman–Crippen LogP) is 2.38. The molecule has 0 aliphatic rings. The summed E-state index contributed by atoms with van der Waals surface area (Å²) in [5.41, 5.74) is 0.771. The van der Waals surface area contributed by atoms with Gasteiger partial charge in [-0.25, -0.2) is 0 Å². The average Bonchev–Trinajstić information content (AvgIpc) is 2.20. The van der Waals surface area contributed by atoms with Gasteiger partial charge < -0.3 is 5.11 Å². The molecule has 0 aromatic heterocycles. The van der Waals surface area contributed by atoms with E-state index in [2.05, 4.69) is 0 Å². The molecule has 4 heteroatoms. The van der Waals surface area contributed by atoms with Crippen LogP contribution in [0.4, 0.5) is 0 Å². The number of thioether (sulfide) groups is 1. The number of carboxylic acids is 1. The molecule has 0 spiro atoms.